The van der Waals surface area contributed by atoms with Crippen LogP contribution in [0.25, 0.3) is 0 Å². The van der Waals surface area contributed by atoms with E-state index in [1.807, 2.05) is 25.5 Å². The van der Waals surface area contributed by atoms with Crippen LogP contribution in [0, 0.1) is 0 Å². The molecule has 1 aliphatic rings. The first-order valence-electron chi connectivity index (χ1n) is 5.04. The van der Waals surface area contributed by atoms with Gasteiger partial charge >= 0.3 is 0 Å². The van der Waals surface area contributed by atoms with Crippen molar-refractivity contribution in [2.24, 2.45) is 0 Å². The molecule has 80 valence electrons. The molecule has 0 radical (unpaired) electrons. The molecule has 0 N–H and O–H groups in total. The van der Waals surface area contributed by atoms with Gasteiger partial charge in [-0.1, -0.05) is 24.8 Å². The van der Waals surface area contributed by atoms with Gasteiger partial charge in [-0.05, 0) is 25.0 Å². The molecule has 0 amide bonds. The molecule has 0 saturated carbocycles. The molecular weight excluding hydrogens is 205 g/mol. The number of anilines is 1. The smallest absolute Gasteiger partial charge is 0.101 e. The third kappa shape index (κ3) is 2.15. The summed E-state index contributed by atoms with van der Waals surface area (Å²) in [5.41, 5.74) is 3.52. The van der Waals surface area contributed by atoms with Gasteiger partial charge in [-0.25, -0.2) is 0 Å². The lowest BCUT2D eigenvalue weighted by Crippen LogP contribution is -2.19. The standard InChI is InChI=1S/C12H16NOP/c1-10-8-11-6-4-5-7-12(11)13(10)9-15(2,3)14/h4-7H,1,8-9H2,2-3H3. The predicted molar refractivity (Wildman–Crippen MR) is 66.1 cm³/mol. The van der Waals surface area contributed by atoms with Crippen molar-refractivity contribution in [2.45, 2.75) is 6.42 Å². The zero-order chi connectivity index (χ0) is 11.1. The van der Waals surface area contributed by atoms with E-state index < -0.39 is 7.14 Å². The highest BCUT2D eigenvalue weighted by Gasteiger charge is 2.25. The van der Waals surface area contributed by atoms with Gasteiger partial charge in [-0.15, -0.1) is 0 Å². The first-order valence-corrected chi connectivity index (χ1v) is 7.83. The summed E-state index contributed by atoms with van der Waals surface area (Å²) in [6.07, 6.45) is 1.49. The second-order valence-corrected chi connectivity index (χ2v) is 7.95. The van der Waals surface area contributed by atoms with Crippen molar-refractivity contribution < 1.29 is 4.57 Å². The Morgan fingerprint density at radius 2 is 2.07 bits per heavy atom. The van der Waals surface area contributed by atoms with Crippen molar-refractivity contribution in [3.63, 3.8) is 0 Å². The van der Waals surface area contributed by atoms with E-state index in [0.717, 1.165) is 12.1 Å². The maximum Gasteiger partial charge on any atom is 0.101 e. The second kappa shape index (κ2) is 3.53. The van der Waals surface area contributed by atoms with Crippen LogP contribution < -0.4 is 4.90 Å². The Morgan fingerprint density at radius 1 is 1.40 bits per heavy atom. The van der Waals surface area contributed by atoms with Crippen LogP contribution in [0.4, 0.5) is 5.69 Å². The lowest BCUT2D eigenvalue weighted by molar-refractivity contribution is 0.582. The van der Waals surface area contributed by atoms with E-state index in [0.29, 0.717) is 6.29 Å². The number of nitrogens with zero attached hydrogens (tertiary/aromatic N) is 1. The van der Waals surface area contributed by atoms with Gasteiger partial charge in [0.2, 0.25) is 0 Å². The van der Waals surface area contributed by atoms with Crippen LogP contribution >= 0.6 is 7.14 Å². The number of hydrogen-bond donors (Lipinski definition) is 0. The third-order valence-corrected chi connectivity index (χ3v) is 3.50. The minimum absolute atomic E-state index is 0.600. The zero-order valence-electron chi connectivity index (χ0n) is 9.23. The highest BCUT2D eigenvalue weighted by Crippen LogP contribution is 2.43. The molecule has 0 unspecified atom stereocenters. The molecule has 15 heavy (non-hydrogen) atoms. The minimum atomic E-state index is -2.04. The van der Waals surface area contributed by atoms with Crippen LogP contribution in [-0.4, -0.2) is 19.6 Å². The van der Waals surface area contributed by atoms with Crippen LogP contribution in [0.1, 0.15) is 5.56 Å². The molecule has 0 spiro atoms. The zero-order valence-corrected chi connectivity index (χ0v) is 10.1. The Morgan fingerprint density at radius 3 is 2.73 bits per heavy atom. The van der Waals surface area contributed by atoms with E-state index >= 15 is 0 Å². The lowest BCUT2D eigenvalue weighted by Gasteiger charge is -2.22. The molecule has 1 heterocycles. The number of fused-ring (bicyclic) bond motifs is 1. The van der Waals surface area contributed by atoms with Gasteiger partial charge in [-0.2, -0.15) is 0 Å². The summed E-state index contributed by atoms with van der Waals surface area (Å²) in [5, 5.41) is 0. The van der Waals surface area contributed by atoms with E-state index in [2.05, 4.69) is 23.6 Å². The third-order valence-electron chi connectivity index (χ3n) is 2.54. The first kappa shape index (κ1) is 10.5. The Hall–Kier alpha value is -1.01. The molecule has 0 fully saturated rings. The molecule has 1 aliphatic heterocycles. The Balaban J connectivity index is 2.34. The average molecular weight is 221 g/mol. The van der Waals surface area contributed by atoms with Gasteiger partial charge in [0.05, 0.1) is 6.29 Å². The maximum absolute atomic E-state index is 11.8. The van der Waals surface area contributed by atoms with Gasteiger partial charge in [0, 0.05) is 17.8 Å². The van der Waals surface area contributed by atoms with Gasteiger partial charge in [0.25, 0.3) is 0 Å². The molecule has 1 aromatic carbocycles. The van der Waals surface area contributed by atoms with Crippen molar-refractivity contribution in [2.75, 3.05) is 24.5 Å². The van der Waals surface area contributed by atoms with Crippen molar-refractivity contribution in [3.05, 3.63) is 42.1 Å². The first-order chi connectivity index (χ1) is 6.97. The fourth-order valence-corrected chi connectivity index (χ4v) is 2.96. The predicted octanol–water partition coefficient (Wildman–Crippen LogP) is 3.14. The summed E-state index contributed by atoms with van der Waals surface area (Å²) in [5.74, 6) is 0. The molecular formula is C12H16NOP. The molecule has 0 saturated heterocycles. The van der Waals surface area contributed by atoms with Gasteiger partial charge in [0.15, 0.2) is 0 Å². The largest absolute Gasteiger partial charge is 0.338 e. The molecule has 1 aromatic rings. The fraction of sp³-hybridized carbons (Fsp3) is 0.333. The Kier molecular flexibility index (Phi) is 2.47. The minimum Gasteiger partial charge on any atom is -0.338 e. The Bertz CT molecular complexity index is 447. The van der Waals surface area contributed by atoms with E-state index in [1.54, 1.807) is 0 Å². The van der Waals surface area contributed by atoms with E-state index in [-0.39, 0.29) is 0 Å². The van der Waals surface area contributed by atoms with Crippen LogP contribution in [0.3, 0.4) is 0 Å². The highest BCUT2D eigenvalue weighted by molar-refractivity contribution is 7.62. The van der Waals surface area contributed by atoms with E-state index in [1.165, 1.54) is 11.3 Å². The quantitative estimate of drug-likeness (QED) is 0.715. The molecule has 3 heteroatoms. The summed E-state index contributed by atoms with van der Waals surface area (Å²) in [6, 6.07) is 8.23. The van der Waals surface area contributed by atoms with Crippen molar-refractivity contribution in [3.8, 4) is 0 Å². The summed E-state index contributed by atoms with van der Waals surface area (Å²) >= 11 is 0. The second-order valence-electron chi connectivity index (χ2n) is 4.52. The summed E-state index contributed by atoms with van der Waals surface area (Å²) in [7, 11) is -2.04. The van der Waals surface area contributed by atoms with Gasteiger partial charge < -0.3 is 9.46 Å². The van der Waals surface area contributed by atoms with Crippen molar-refractivity contribution >= 4 is 12.8 Å². The molecule has 2 rings (SSSR count). The highest BCUT2D eigenvalue weighted by atomic mass is 31.2. The molecule has 0 atom stereocenters. The summed E-state index contributed by atoms with van der Waals surface area (Å²) in [4.78, 5) is 2.09. The van der Waals surface area contributed by atoms with Crippen molar-refractivity contribution in [1.82, 2.24) is 0 Å². The Labute approximate surface area is 91.0 Å². The van der Waals surface area contributed by atoms with E-state index in [4.69, 9.17) is 0 Å². The van der Waals surface area contributed by atoms with Crippen LogP contribution in [0.15, 0.2) is 36.5 Å². The monoisotopic (exact) mass is 221 g/mol. The SMILES string of the molecule is C=C1Cc2ccccc2N1CP(C)(C)=O. The lowest BCUT2D eigenvalue weighted by atomic mass is 10.2. The van der Waals surface area contributed by atoms with Gasteiger partial charge in [0.1, 0.15) is 7.14 Å². The molecule has 0 aliphatic carbocycles. The number of rotatable bonds is 2. The summed E-state index contributed by atoms with van der Waals surface area (Å²) < 4.78 is 11.8. The van der Waals surface area contributed by atoms with Crippen LogP contribution in [-0.2, 0) is 11.0 Å². The van der Waals surface area contributed by atoms with Crippen molar-refractivity contribution in [1.29, 1.82) is 0 Å². The number of para-hydroxylation sites is 1. The normalized spacial score (nSPS) is 15.6. The van der Waals surface area contributed by atoms with Gasteiger partial charge in [-0.3, -0.25) is 0 Å². The maximum atomic E-state index is 11.8. The fourth-order valence-electron chi connectivity index (χ4n) is 1.93. The number of hydrogen-bond acceptors (Lipinski definition) is 2. The molecule has 0 bridgehead atoms. The van der Waals surface area contributed by atoms with Crippen LogP contribution in [0.5, 0.6) is 0 Å². The molecule has 0 aromatic heterocycles. The summed E-state index contributed by atoms with van der Waals surface area (Å²) in [6.45, 7) is 7.68. The average Bonchev–Trinajstić information content (AvgIpc) is 2.41. The topological polar surface area (TPSA) is 20.3 Å². The number of allylic oxidation sites excluding steroid dienone is 1. The van der Waals surface area contributed by atoms with E-state index in [9.17, 15) is 4.57 Å². The number of benzene rings is 1. The van der Waals surface area contributed by atoms with Crippen LogP contribution in [0.2, 0.25) is 0 Å². The molecule has 2 nitrogen and oxygen atoms in total.